The van der Waals surface area contributed by atoms with Crippen molar-refractivity contribution < 1.29 is 27.6 Å². The number of nitro benzene ring substituents is 1. The molecular weight excluding hydrogens is 436 g/mol. The quantitative estimate of drug-likeness (QED) is 0.304. The molecule has 9 nitrogen and oxygen atoms in total. The van der Waals surface area contributed by atoms with E-state index in [0.717, 1.165) is 0 Å². The molecule has 3 aromatic carbocycles. The fourth-order valence-electron chi connectivity index (χ4n) is 2.85. The van der Waals surface area contributed by atoms with Gasteiger partial charge in [-0.2, -0.15) is 0 Å². The highest BCUT2D eigenvalue weighted by atomic mass is 32.2. The van der Waals surface area contributed by atoms with Gasteiger partial charge in [0.05, 0.1) is 22.5 Å². The van der Waals surface area contributed by atoms with Crippen LogP contribution in [0.25, 0.3) is 0 Å². The van der Waals surface area contributed by atoms with Gasteiger partial charge in [-0.05, 0) is 55.0 Å². The summed E-state index contributed by atoms with van der Waals surface area (Å²) < 4.78 is 38.3. The van der Waals surface area contributed by atoms with E-state index in [2.05, 4.69) is 4.72 Å². The minimum absolute atomic E-state index is 0.0277. The second kappa shape index (κ2) is 9.48. The van der Waals surface area contributed by atoms with Crippen molar-refractivity contribution in [3.05, 3.63) is 94.0 Å². The van der Waals surface area contributed by atoms with Crippen LogP contribution < -0.4 is 9.46 Å². The number of methoxy groups -OCH3 is 1. The Balaban J connectivity index is 1.76. The molecule has 0 aliphatic heterocycles. The maximum Gasteiger partial charge on any atom is 0.338 e. The van der Waals surface area contributed by atoms with Gasteiger partial charge in [-0.25, -0.2) is 13.2 Å². The van der Waals surface area contributed by atoms with E-state index in [4.69, 9.17) is 9.47 Å². The zero-order chi connectivity index (χ0) is 23.3. The van der Waals surface area contributed by atoms with Gasteiger partial charge in [-0.15, -0.1) is 0 Å². The van der Waals surface area contributed by atoms with E-state index in [0.29, 0.717) is 17.0 Å². The van der Waals surface area contributed by atoms with E-state index in [1.807, 2.05) is 0 Å². The second-order valence-electron chi connectivity index (χ2n) is 6.76. The Morgan fingerprint density at radius 1 is 1.03 bits per heavy atom. The van der Waals surface area contributed by atoms with Gasteiger partial charge in [0, 0.05) is 17.8 Å². The minimum atomic E-state index is -3.96. The number of nitrogens with zero attached hydrogens (tertiary/aromatic N) is 1. The molecule has 0 bridgehead atoms. The predicted octanol–water partition coefficient (Wildman–Crippen LogP) is 4.32. The van der Waals surface area contributed by atoms with Crippen molar-refractivity contribution >= 4 is 27.4 Å². The third kappa shape index (κ3) is 5.41. The molecule has 0 aromatic heterocycles. The molecule has 0 fully saturated rings. The van der Waals surface area contributed by atoms with Crippen molar-refractivity contribution in [2.75, 3.05) is 11.8 Å². The van der Waals surface area contributed by atoms with Crippen LogP contribution in [-0.2, 0) is 14.8 Å². The second-order valence-corrected chi connectivity index (χ2v) is 8.44. The summed E-state index contributed by atoms with van der Waals surface area (Å²) >= 11 is 0. The highest BCUT2D eigenvalue weighted by Gasteiger charge is 2.20. The van der Waals surface area contributed by atoms with Crippen molar-refractivity contribution in [1.82, 2.24) is 0 Å². The fraction of sp³-hybridized carbons (Fsp3) is 0.136. The average molecular weight is 456 g/mol. The predicted molar refractivity (Wildman–Crippen MR) is 117 cm³/mol. The topological polar surface area (TPSA) is 125 Å². The van der Waals surface area contributed by atoms with Crippen molar-refractivity contribution in [2.24, 2.45) is 0 Å². The van der Waals surface area contributed by atoms with Crippen LogP contribution in [0.4, 0.5) is 11.4 Å². The molecule has 1 atom stereocenters. The lowest BCUT2D eigenvalue weighted by Crippen LogP contribution is -2.15. The lowest BCUT2D eigenvalue weighted by atomic mass is 10.1. The van der Waals surface area contributed by atoms with Crippen LogP contribution in [0.2, 0.25) is 0 Å². The molecule has 0 saturated carbocycles. The zero-order valence-electron chi connectivity index (χ0n) is 17.2. The number of nitro groups is 1. The van der Waals surface area contributed by atoms with Gasteiger partial charge >= 0.3 is 5.97 Å². The summed E-state index contributed by atoms with van der Waals surface area (Å²) in [5.41, 5.74) is 0.679. The Kier molecular flexibility index (Phi) is 6.74. The first kappa shape index (κ1) is 22.8. The number of carbonyl (C=O) groups excluding carboxylic acids is 1. The molecule has 0 aliphatic rings. The zero-order valence-corrected chi connectivity index (χ0v) is 18.0. The molecule has 3 aromatic rings. The van der Waals surface area contributed by atoms with Gasteiger partial charge in [-0.3, -0.25) is 14.8 Å². The van der Waals surface area contributed by atoms with E-state index in [9.17, 15) is 23.3 Å². The van der Waals surface area contributed by atoms with Crippen LogP contribution in [0.1, 0.15) is 28.9 Å². The molecule has 0 spiro atoms. The number of rotatable bonds is 8. The van der Waals surface area contributed by atoms with Gasteiger partial charge in [0.25, 0.3) is 15.7 Å². The molecule has 0 aliphatic carbocycles. The first-order valence-electron chi connectivity index (χ1n) is 9.42. The van der Waals surface area contributed by atoms with Crippen LogP contribution in [0, 0.1) is 10.1 Å². The van der Waals surface area contributed by atoms with Gasteiger partial charge in [-0.1, -0.05) is 18.2 Å². The number of esters is 1. The number of benzene rings is 3. The van der Waals surface area contributed by atoms with Crippen LogP contribution in [-0.4, -0.2) is 26.4 Å². The molecule has 1 unspecified atom stereocenters. The highest BCUT2D eigenvalue weighted by Crippen LogP contribution is 2.24. The molecule has 10 heteroatoms. The van der Waals surface area contributed by atoms with E-state index in [-0.39, 0.29) is 16.1 Å². The molecule has 0 saturated heterocycles. The first-order chi connectivity index (χ1) is 15.2. The smallest absolute Gasteiger partial charge is 0.338 e. The van der Waals surface area contributed by atoms with E-state index < -0.39 is 27.0 Å². The average Bonchev–Trinajstić information content (AvgIpc) is 2.79. The number of sulfonamides is 1. The number of nitrogens with one attached hydrogen (secondary N) is 1. The Labute approximate surface area is 184 Å². The molecular formula is C22H20N2O7S. The lowest BCUT2D eigenvalue weighted by molar-refractivity contribution is -0.385. The van der Waals surface area contributed by atoms with E-state index in [1.54, 1.807) is 37.3 Å². The third-order valence-electron chi connectivity index (χ3n) is 4.56. The van der Waals surface area contributed by atoms with Crippen molar-refractivity contribution in [3.8, 4) is 5.75 Å². The molecule has 3 rings (SSSR count). The molecule has 0 amide bonds. The lowest BCUT2D eigenvalue weighted by Gasteiger charge is -2.14. The maximum absolute atomic E-state index is 12.7. The summed E-state index contributed by atoms with van der Waals surface area (Å²) in [7, 11) is -2.45. The molecule has 0 heterocycles. The van der Waals surface area contributed by atoms with Crippen LogP contribution >= 0.6 is 0 Å². The summed E-state index contributed by atoms with van der Waals surface area (Å²) in [4.78, 5) is 22.9. The highest BCUT2D eigenvalue weighted by molar-refractivity contribution is 7.92. The number of anilines is 1. The summed E-state index contributed by atoms with van der Waals surface area (Å²) in [5, 5.41) is 10.9. The summed E-state index contributed by atoms with van der Waals surface area (Å²) in [6.45, 7) is 1.57. The minimum Gasteiger partial charge on any atom is -0.497 e. The molecule has 166 valence electrons. The fourth-order valence-corrected chi connectivity index (χ4v) is 3.96. The number of non-ortho nitro benzene ring substituents is 1. The number of hydrogen-bond acceptors (Lipinski definition) is 7. The number of hydrogen-bond donors (Lipinski definition) is 1. The molecule has 32 heavy (non-hydrogen) atoms. The van der Waals surface area contributed by atoms with Crippen LogP contribution in [0.3, 0.4) is 0 Å². The number of carbonyl (C=O) groups is 1. The number of ether oxygens (including phenoxy) is 2. The third-order valence-corrected chi connectivity index (χ3v) is 5.94. The standard InChI is InChI=1S/C22H20N2O7S/c1-15(16-5-3-7-19(13-16)24(26)27)31-22(25)17-6-4-8-21(14-17)32(28,29)23-18-9-11-20(30-2)12-10-18/h3-15,23H,1-2H3. The van der Waals surface area contributed by atoms with Gasteiger partial charge < -0.3 is 9.47 Å². The van der Waals surface area contributed by atoms with Crippen LogP contribution in [0.5, 0.6) is 5.75 Å². The van der Waals surface area contributed by atoms with Crippen molar-refractivity contribution in [2.45, 2.75) is 17.9 Å². The van der Waals surface area contributed by atoms with Gasteiger partial charge in [0.15, 0.2) is 0 Å². The molecule has 0 radical (unpaired) electrons. The van der Waals surface area contributed by atoms with E-state index >= 15 is 0 Å². The Hall–Kier alpha value is -3.92. The van der Waals surface area contributed by atoms with Gasteiger partial charge in [0.1, 0.15) is 11.9 Å². The van der Waals surface area contributed by atoms with E-state index in [1.165, 1.54) is 49.6 Å². The monoisotopic (exact) mass is 456 g/mol. The summed E-state index contributed by atoms with van der Waals surface area (Å²) in [5.74, 6) is -0.180. The van der Waals surface area contributed by atoms with Crippen molar-refractivity contribution in [1.29, 1.82) is 0 Å². The van der Waals surface area contributed by atoms with Crippen LogP contribution in [0.15, 0.2) is 77.7 Å². The first-order valence-corrected chi connectivity index (χ1v) is 10.9. The maximum atomic E-state index is 12.7. The molecule has 1 N–H and O–H groups in total. The summed E-state index contributed by atoms with van der Waals surface area (Å²) in [6.07, 6.45) is -0.778. The Morgan fingerprint density at radius 3 is 2.38 bits per heavy atom. The van der Waals surface area contributed by atoms with Gasteiger partial charge in [0.2, 0.25) is 0 Å². The Morgan fingerprint density at radius 2 is 1.72 bits per heavy atom. The normalized spacial score (nSPS) is 11.9. The Bertz CT molecular complexity index is 1240. The SMILES string of the molecule is COc1ccc(NS(=O)(=O)c2cccc(C(=O)OC(C)c3cccc([N+](=O)[O-])c3)c2)cc1. The summed E-state index contributed by atoms with van der Waals surface area (Å²) in [6, 6.07) is 17.5. The van der Waals surface area contributed by atoms with Crippen molar-refractivity contribution in [3.63, 3.8) is 0 Å². The largest absolute Gasteiger partial charge is 0.497 e.